The Balaban J connectivity index is 0.00000169. The van der Waals surface area contributed by atoms with Crippen LogP contribution in [-0.2, 0) is 0 Å². The molecule has 142 valence electrons. The molecule has 0 saturated carbocycles. The minimum atomic E-state index is -0.0406. The van der Waals surface area contributed by atoms with Gasteiger partial charge in [0, 0.05) is 43.8 Å². The van der Waals surface area contributed by atoms with E-state index in [0.29, 0.717) is 5.56 Å². The predicted molar refractivity (Wildman–Crippen MR) is 112 cm³/mol. The monoisotopic (exact) mass is 396 g/mol. The lowest BCUT2D eigenvalue weighted by atomic mass is 10.0. The van der Waals surface area contributed by atoms with Gasteiger partial charge in [0.25, 0.3) is 5.91 Å². The first-order chi connectivity index (χ1) is 11.6. The average molecular weight is 397 g/mol. The molecule has 1 saturated heterocycles. The van der Waals surface area contributed by atoms with Crippen LogP contribution in [-0.4, -0.2) is 44.1 Å². The third-order valence-corrected chi connectivity index (χ3v) is 4.39. The van der Waals surface area contributed by atoms with Gasteiger partial charge >= 0.3 is 0 Å². The number of aromatic nitrogens is 1. The molecule has 2 heterocycles. The van der Waals surface area contributed by atoms with Crippen molar-refractivity contribution < 1.29 is 4.79 Å². The standard InChI is InChI=1S/C19H24N4O.2ClH/c1-23(2)18-5-3-14(4-6-18)15-11-16(13-21-12-15)19(24)22-17-7-9-20-10-8-17;;/h3-6,11-13,17,20H,7-10H2,1-2H3,(H,22,24);2*1H. The second-order valence-electron chi connectivity index (χ2n) is 6.40. The lowest BCUT2D eigenvalue weighted by Crippen LogP contribution is -2.42. The lowest BCUT2D eigenvalue weighted by Gasteiger charge is -2.23. The van der Waals surface area contributed by atoms with Crippen molar-refractivity contribution in [3.8, 4) is 11.1 Å². The summed E-state index contributed by atoms with van der Waals surface area (Å²) in [6.45, 7) is 1.92. The van der Waals surface area contributed by atoms with Gasteiger partial charge in [-0.25, -0.2) is 0 Å². The van der Waals surface area contributed by atoms with Gasteiger partial charge in [0.15, 0.2) is 0 Å². The molecule has 26 heavy (non-hydrogen) atoms. The van der Waals surface area contributed by atoms with E-state index in [1.165, 1.54) is 0 Å². The number of amides is 1. The molecule has 0 spiro atoms. The zero-order valence-electron chi connectivity index (χ0n) is 15.1. The molecule has 2 aromatic rings. The smallest absolute Gasteiger partial charge is 0.253 e. The van der Waals surface area contributed by atoms with Crippen LogP contribution in [0.5, 0.6) is 0 Å². The summed E-state index contributed by atoms with van der Waals surface area (Å²) in [5.41, 5.74) is 3.78. The van der Waals surface area contributed by atoms with Gasteiger partial charge in [-0.05, 0) is 49.7 Å². The van der Waals surface area contributed by atoms with Gasteiger partial charge < -0.3 is 15.5 Å². The van der Waals surface area contributed by atoms with E-state index in [2.05, 4.69) is 44.8 Å². The van der Waals surface area contributed by atoms with Crippen molar-refractivity contribution in [1.29, 1.82) is 0 Å². The molecule has 0 aliphatic carbocycles. The van der Waals surface area contributed by atoms with Crippen LogP contribution >= 0.6 is 24.8 Å². The number of nitrogens with zero attached hydrogens (tertiary/aromatic N) is 2. The highest BCUT2D eigenvalue weighted by Gasteiger charge is 2.16. The van der Waals surface area contributed by atoms with E-state index in [0.717, 1.165) is 42.7 Å². The average Bonchev–Trinajstić information content (AvgIpc) is 2.63. The normalized spacial score (nSPS) is 13.9. The van der Waals surface area contributed by atoms with Crippen molar-refractivity contribution in [3.05, 3.63) is 48.3 Å². The Morgan fingerprint density at radius 2 is 1.73 bits per heavy atom. The lowest BCUT2D eigenvalue weighted by molar-refractivity contribution is 0.0929. The number of rotatable bonds is 4. The highest BCUT2D eigenvalue weighted by atomic mass is 35.5. The summed E-state index contributed by atoms with van der Waals surface area (Å²) in [6.07, 6.45) is 5.38. The largest absolute Gasteiger partial charge is 0.378 e. The van der Waals surface area contributed by atoms with E-state index in [1.807, 2.05) is 20.2 Å². The highest BCUT2D eigenvalue weighted by Crippen LogP contribution is 2.22. The Kier molecular flexibility index (Phi) is 8.85. The number of carbonyl (C=O) groups is 1. The molecule has 1 amide bonds. The number of pyridine rings is 1. The van der Waals surface area contributed by atoms with Crippen LogP contribution in [0.3, 0.4) is 0 Å². The molecule has 5 nitrogen and oxygen atoms in total. The van der Waals surface area contributed by atoms with E-state index in [1.54, 1.807) is 12.4 Å². The first-order valence-corrected chi connectivity index (χ1v) is 8.38. The molecule has 1 aromatic carbocycles. The number of carbonyl (C=O) groups excluding carboxylic acids is 1. The molecule has 0 radical (unpaired) electrons. The fourth-order valence-corrected chi connectivity index (χ4v) is 2.91. The first kappa shape index (κ1) is 22.2. The number of hydrogen-bond acceptors (Lipinski definition) is 4. The quantitative estimate of drug-likeness (QED) is 0.833. The Hall–Kier alpha value is -1.82. The molecule has 0 atom stereocenters. The van der Waals surface area contributed by atoms with E-state index in [-0.39, 0.29) is 36.8 Å². The minimum Gasteiger partial charge on any atom is -0.378 e. The van der Waals surface area contributed by atoms with Crippen LogP contribution in [0.1, 0.15) is 23.2 Å². The predicted octanol–water partition coefficient (Wildman–Crippen LogP) is 3.14. The maximum Gasteiger partial charge on any atom is 0.253 e. The Morgan fingerprint density at radius 1 is 1.08 bits per heavy atom. The number of anilines is 1. The summed E-state index contributed by atoms with van der Waals surface area (Å²) in [7, 11) is 4.03. The van der Waals surface area contributed by atoms with Crippen LogP contribution in [0.2, 0.25) is 0 Å². The third kappa shape index (κ3) is 5.59. The fraction of sp³-hybridized carbons (Fsp3) is 0.368. The molecule has 1 aliphatic rings. The van der Waals surface area contributed by atoms with Crippen LogP contribution in [0.4, 0.5) is 5.69 Å². The molecular weight excluding hydrogens is 371 g/mol. The van der Waals surface area contributed by atoms with Crippen molar-refractivity contribution in [2.45, 2.75) is 18.9 Å². The second-order valence-corrected chi connectivity index (χ2v) is 6.40. The van der Waals surface area contributed by atoms with Crippen LogP contribution < -0.4 is 15.5 Å². The van der Waals surface area contributed by atoms with Gasteiger partial charge in [0.05, 0.1) is 5.56 Å². The Labute approximate surface area is 167 Å². The molecule has 0 unspecified atom stereocenters. The highest BCUT2D eigenvalue weighted by molar-refractivity contribution is 5.95. The van der Waals surface area contributed by atoms with Crippen molar-refractivity contribution >= 4 is 36.4 Å². The molecule has 1 fully saturated rings. The first-order valence-electron chi connectivity index (χ1n) is 8.38. The summed E-state index contributed by atoms with van der Waals surface area (Å²) in [6, 6.07) is 10.4. The second kappa shape index (κ2) is 10.4. The zero-order valence-corrected chi connectivity index (χ0v) is 16.7. The van der Waals surface area contributed by atoms with E-state index in [9.17, 15) is 4.79 Å². The SMILES string of the molecule is CN(C)c1ccc(-c2cncc(C(=O)NC3CCNCC3)c2)cc1.Cl.Cl. The van der Waals surface area contributed by atoms with E-state index < -0.39 is 0 Å². The Bertz CT molecular complexity index is 701. The number of benzene rings is 1. The van der Waals surface area contributed by atoms with Crippen LogP contribution in [0.15, 0.2) is 42.7 Å². The van der Waals surface area contributed by atoms with Crippen LogP contribution in [0.25, 0.3) is 11.1 Å². The van der Waals surface area contributed by atoms with Gasteiger partial charge in [-0.1, -0.05) is 12.1 Å². The summed E-state index contributed by atoms with van der Waals surface area (Å²) < 4.78 is 0. The molecule has 1 aromatic heterocycles. The summed E-state index contributed by atoms with van der Waals surface area (Å²) in [4.78, 5) is 18.8. The van der Waals surface area contributed by atoms with Gasteiger partial charge in [-0.15, -0.1) is 24.8 Å². The van der Waals surface area contributed by atoms with Gasteiger partial charge in [-0.2, -0.15) is 0 Å². The van der Waals surface area contributed by atoms with E-state index in [4.69, 9.17) is 0 Å². The van der Waals surface area contributed by atoms with Crippen molar-refractivity contribution in [1.82, 2.24) is 15.6 Å². The van der Waals surface area contributed by atoms with Crippen LogP contribution in [0, 0.1) is 0 Å². The van der Waals surface area contributed by atoms with Gasteiger partial charge in [0.2, 0.25) is 0 Å². The van der Waals surface area contributed by atoms with Crippen molar-refractivity contribution in [2.24, 2.45) is 0 Å². The van der Waals surface area contributed by atoms with Crippen molar-refractivity contribution in [2.75, 3.05) is 32.1 Å². The molecular formula is C19H26Cl2N4O. The maximum absolute atomic E-state index is 12.5. The summed E-state index contributed by atoms with van der Waals surface area (Å²) >= 11 is 0. The topological polar surface area (TPSA) is 57.3 Å². The third-order valence-electron chi connectivity index (χ3n) is 4.39. The Morgan fingerprint density at radius 3 is 2.35 bits per heavy atom. The number of nitrogens with one attached hydrogen (secondary N) is 2. The summed E-state index contributed by atoms with van der Waals surface area (Å²) in [5.74, 6) is -0.0406. The number of piperidine rings is 1. The van der Waals surface area contributed by atoms with E-state index >= 15 is 0 Å². The maximum atomic E-state index is 12.5. The molecule has 7 heteroatoms. The van der Waals surface area contributed by atoms with Gasteiger partial charge in [0.1, 0.15) is 0 Å². The molecule has 3 rings (SSSR count). The minimum absolute atomic E-state index is 0. The summed E-state index contributed by atoms with van der Waals surface area (Å²) in [5, 5.41) is 6.42. The fourth-order valence-electron chi connectivity index (χ4n) is 2.91. The van der Waals surface area contributed by atoms with Crippen molar-refractivity contribution in [3.63, 3.8) is 0 Å². The molecule has 2 N–H and O–H groups in total. The molecule has 1 aliphatic heterocycles. The van der Waals surface area contributed by atoms with Gasteiger partial charge in [-0.3, -0.25) is 9.78 Å². The number of halogens is 2. The number of hydrogen-bond donors (Lipinski definition) is 2. The zero-order chi connectivity index (χ0) is 16.9. The molecule has 0 bridgehead atoms.